The van der Waals surface area contributed by atoms with Crippen molar-refractivity contribution < 1.29 is 0 Å². The highest BCUT2D eigenvalue weighted by Gasteiger charge is 1.99. The molecule has 0 atom stereocenters. The Labute approximate surface area is 85.9 Å². The van der Waals surface area contributed by atoms with Gasteiger partial charge in [-0.1, -0.05) is 26.1 Å². The first kappa shape index (κ1) is 13.9. The fourth-order valence-corrected chi connectivity index (χ4v) is 1.01. The molecule has 0 nitrogen and oxygen atoms in total. The van der Waals surface area contributed by atoms with Crippen LogP contribution in [-0.4, -0.2) is 16.9 Å². The van der Waals surface area contributed by atoms with Crippen LogP contribution in [0.5, 0.6) is 0 Å². The molecule has 0 rings (SSSR count). The smallest absolute Gasteiger partial charge is 0.169 e. The van der Waals surface area contributed by atoms with Crippen LogP contribution in [0.3, 0.4) is 0 Å². The standard InChI is InChI=1S/C4H9BBr2.C2H6S/c1-2-3-4-5(6)7;1-3-2/h2-4H2,1H3;1-2H3. The van der Waals surface area contributed by atoms with Crippen LogP contribution >= 0.6 is 43.3 Å². The van der Waals surface area contributed by atoms with Crippen molar-refractivity contribution in [2.45, 2.75) is 26.1 Å². The zero-order valence-electron chi connectivity index (χ0n) is 6.86. The van der Waals surface area contributed by atoms with Gasteiger partial charge in [0.2, 0.25) is 0 Å². The molecule has 0 heterocycles. The Kier molecular flexibility index (Phi) is 18.1. The molecule has 0 aliphatic carbocycles. The van der Waals surface area contributed by atoms with Gasteiger partial charge in [-0.15, -0.1) is 31.5 Å². The first-order valence-corrected chi connectivity index (χ1v) is 6.83. The van der Waals surface area contributed by atoms with Crippen LogP contribution < -0.4 is 0 Å². The number of hydrogen-bond acceptors (Lipinski definition) is 1. The predicted molar refractivity (Wildman–Crippen MR) is 62.8 cm³/mol. The molecule has 0 aromatic heterocycles. The summed E-state index contributed by atoms with van der Waals surface area (Å²) in [6.07, 6.45) is 7.91. The van der Waals surface area contributed by atoms with Gasteiger partial charge in [-0.2, -0.15) is 11.8 Å². The average molecular weight is 290 g/mol. The molecule has 0 saturated carbocycles. The van der Waals surface area contributed by atoms with Gasteiger partial charge in [0.05, 0.1) is 0 Å². The maximum atomic E-state index is 3.39. The summed E-state index contributed by atoms with van der Waals surface area (Å²) in [5.74, 6) is 0. The van der Waals surface area contributed by atoms with Crippen LogP contribution in [0.1, 0.15) is 19.8 Å². The van der Waals surface area contributed by atoms with Gasteiger partial charge in [0, 0.05) is 0 Å². The number of rotatable bonds is 3. The van der Waals surface area contributed by atoms with Crippen molar-refractivity contribution in [1.29, 1.82) is 0 Å². The monoisotopic (exact) mass is 288 g/mol. The number of unbranched alkanes of at least 4 members (excludes halogenated alkanes) is 1. The molecule has 0 fully saturated rings. The number of hydrogen-bond donors (Lipinski definition) is 0. The molecular formula is C6H15BBr2S. The van der Waals surface area contributed by atoms with Gasteiger partial charge in [-0.25, -0.2) is 0 Å². The zero-order chi connectivity index (χ0) is 8.41. The topological polar surface area (TPSA) is 0 Å². The highest BCUT2D eigenvalue weighted by molar-refractivity contribution is 9.49. The Morgan fingerprint density at radius 3 is 1.80 bits per heavy atom. The maximum absolute atomic E-state index is 3.39. The van der Waals surface area contributed by atoms with E-state index in [1.54, 1.807) is 11.8 Å². The van der Waals surface area contributed by atoms with Gasteiger partial charge in [0.25, 0.3) is 4.36 Å². The van der Waals surface area contributed by atoms with Crippen LogP contribution in [0, 0.1) is 0 Å². The molecule has 0 saturated heterocycles. The van der Waals surface area contributed by atoms with E-state index in [4.69, 9.17) is 0 Å². The molecule has 0 bridgehead atoms. The third kappa shape index (κ3) is 22.8. The third-order valence-corrected chi connectivity index (χ3v) is 1.69. The lowest BCUT2D eigenvalue weighted by molar-refractivity contribution is 0.882. The Balaban J connectivity index is 0. The molecular weight excluding hydrogens is 275 g/mol. The normalized spacial score (nSPS) is 8.10. The van der Waals surface area contributed by atoms with Crippen LogP contribution in [0.15, 0.2) is 0 Å². The summed E-state index contributed by atoms with van der Waals surface area (Å²) >= 11 is 8.53. The summed E-state index contributed by atoms with van der Waals surface area (Å²) in [6.45, 7) is 2.20. The minimum Gasteiger partial charge on any atom is -0.169 e. The Morgan fingerprint density at radius 1 is 1.30 bits per heavy atom. The van der Waals surface area contributed by atoms with Crippen molar-refractivity contribution in [3.8, 4) is 0 Å². The molecule has 0 amide bonds. The fraction of sp³-hybridized carbons (Fsp3) is 1.00. The Hall–Kier alpha value is 1.37. The van der Waals surface area contributed by atoms with E-state index in [1.807, 2.05) is 12.5 Å². The first-order chi connectivity index (χ1) is 4.68. The largest absolute Gasteiger partial charge is 0.298 e. The van der Waals surface area contributed by atoms with Gasteiger partial charge in [0.1, 0.15) is 0 Å². The minimum absolute atomic E-state index is 0.528. The first-order valence-electron chi connectivity index (χ1n) is 3.37. The van der Waals surface area contributed by atoms with Gasteiger partial charge in [-0.05, 0) is 12.5 Å². The van der Waals surface area contributed by atoms with Crippen molar-refractivity contribution in [1.82, 2.24) is 0 Å². The van der Waals surface area contributed by atoms with E-state index in [9.17, 15) is 0 Å². The Morgan fingerprint density at radius 2 is 1.70 bits per heavy atom. The van der Waals surface area contributed by atoms with Gasteiger partial charge < -0.3 is 0 Å². The van der Waals surface area contributed by atoms with Crippen LogP contribution in [0.2, 0.25) is 6.32 Å². The van der Waals surface area contributed by atoms with Gasteiger partial charge in [0.15, 0.2) is 0 Å². The molecule has 0 aromatic carbocycles. The Bertz CT molecular complexity index is 53.0. The van der Waals surface area contributed by atoms with Crippen LogP contribution in [0.4, 0.5) is 0 Å². The van der Waals surface area contributed by atoms with Crippen molar-refractivity contribution in [2.75, 3.05) is 12.5 Å². The van der Waals surface area contributed by atoms with E-state index < -0.39 is 0 Å². The second-order valence-electron chi connectivity index (χ2n) is 1.94. The summed E-state index contributed by atoms with van der Waals surface area (Å²) in [4.78, 5) is 0. The van der Waals surface area contributed by atoms with Crippen molar-refractivity contribution in [3.05, 3.63) is 0 Å². The van der Waals surface area contributed by atoms with E-state index in [1.165, 1.54) is 19.2 Å². The second kappa shape index (κ2) is 13.0. The number of thioether (sulfide) groups is 1. The fourth-order valence-electron chi connectivity index (χ4n) is 0.358. The van der Waals surface area contributed by atoms with Crippen LogP contribution in [-0.2, 0) is 0 Å². The SMILES string of the molecule is CCCCB(Br)Br.CSC. The van der Waals surface area contributed by atoms with E-state index in [2.05, 4.69) is 38.4 Å². The third-order valence-electron chi connectivity index (χ3n) is 0.776. The summed E-state index contributed by atoms with van der Waals surface area (Å²) in [7, 11) is 0. The summed E-state index contributed by atoms with van der Waals surface area (Å²) in [5.41, 5.74) is 0. The lowest BCUT2D eigenvalue weighted by atomic mass is 10.00. The molecule has 0 radical (unpaired) electrons. The highest BCUT2D eigenvalue weighted by atomic mass is 79.9. The van der Waals surface area contributed by atoms with Crippen molar-refractivity contribution >= 4 is 47.6 Å². The molecule has 0 N–H and O–H groups in total. The summed E-state index contributed by atoms with van der Waals surface area (Å²) in [6, 6.07) is 0. The van der Waals surface area contributed by atoms with Crippen molar-refractivity contribution in [3.63, 3.8) is 0 Å². The quantitative estimate of drug-likeness (QED) is 0.707. The van der Waals surface area contributed by atoms with E-state index >= 15 is 0 Å². The summed E-state index contributed by atoms with van der Waals surface area (Å²) < 4.78 is 0.528. The van der Waals surface area contributed by atoms with E-state index in [0.29, 0.717) is 4.36 Å². The molecule has 62 valence electrons. The van der Waals surface area contributed by atoms with Crippen LogP contribution in [0.25, 0.3) is 0 Å². The molecule has 10 heavy (non-hydrogen) atoms. The van der Waals surface area contributed by atoms with E-state index in [0.717, 1.165) is 0 Å². The van der Waals surface area contributed by atoms with Crippen molar-refractivity contribution in [2.24, 2.45) is 0 Å². The molecule has 0 aromatic rings. The van der Waals surface area contributed by atoms with E-state index in [-0.39, 0.29) is 0 Å². The lowest BCUT2D eigenvalue weighted by Crippen LogP contribution is -1.86. The van der Waals surface area contributed by atoms with Gasteiger partial charge >= 0.3 is 0 Å². The number of halogens is 2. The minimum atomic E-state index is 0.528. The zero-order valence-corrected chi connectivity index (χ0v) is 10.9. The highest BCUT2D eigenvalue weighted by Crippen LogP contribution is 2.11. The maximum Gasteiger partial charge on any atom is 0.298 e. The molecule has 0 unspecified atom stereocenters. The molecule has 0 aliphatic rings. The second-order valence-corrected chi connectivity index (χ2v) is 6.20. The molecule has 0 aliphatic heterocycles. The lowest BCUT2D eigenvalue weighted by Gasteiger charge is -1.91. The molecule has 4 heteroatoms. The average Bonchev–Trinajstić information content (AvgIpc) is 1.85. The molecule has 0 spiro atoms. The summed E-state index contributed by atoms with van der Waals surface area (Å²) in [5, 5.41) is 0. The van der Waals surface area contributed by atoms with Gasteiger partial charge in [-0.3, -0.25) is 0 Å². The predicted octanol–water partition coefficient (Wildman–Crippen LogP) is 4.04.